The molecule has 5 nitrogen and oxygen atoms in total. The number of para-hydroxylation sites is 1. The molecule has 0 atom stereocenters. The molecule has 1 aromatic heterocycles. The number of aromatic nitrogens is 2. The molecule has 2 rings (SSSR count). The first-order chi connectivity index (χ1) is 9.43. The van der Waals surface area contributed by atoms with Crippen LogP contribution in [0.1, 0.15) is 5.56 Å². The number of rotatable bonds is 3. The third-order valence-electron chi connectivity index (χ3n) is 2.40. The lowest BCUT2D eigenvalue weighted by molar-refractivity contribution is -0.138. The second-order valence-corrected chi connectivity index (χ2v) is 3.70. The Morgan fingerprint density at radius 1 is 1.10 bits per heavy atom. The fraction of sp³-hybridized carbons (Fsp3) is 0.167. The van der Waals surface area contributed by atoms with Crippen molar-refractivity contribution in [2.24, 2.45) is 0 Å². The molecule has 2 aromatic rings. The summed E-state index contributed by atoms with van der Waals surface area (Å²) in [7, 11) is 1.33. The second-order valence-electron chi connectivity index (χ2n) is 3.70. The van der Waals surface area contributed by atoms with Gasteiger partial charge in [0.15, 0.2) is 5.69 Å². The van der Waals surface area contributed by atoms with Gasteiger partial charge in [-0.1, -0.05) is 12.1 Å². The molecule has 0 aliphatic heterocycles. The summed E-state index contributed by atoms with van der Waals surface area (Å²) in [5.41, 5.74) is 4.65. The highest BCUT2D eigenvalue weighted by molar-refractivity contribution is 5.57. The highest BCUT2D eigenvalue weighted by Crippen LogP contribution is 2.39. The largest absolute Gasteiger partial charge is 0.479 e. The van der Waals surface area contributed by atoms with Crippen molar-refractivity contribution in [1.29, 1.82) is 0 Å². The Labute approximate surface area is 112 Å². The number of alkyl halides is 3. The van der Waals surface area contributed by atoms with Crippen LogP contribution < -0.4 is 15.2 Å². The van der Waals surface area contributed by atoms with E-state index in [4.69, 9.17) is 15.2 Å². The highest BCUT2D eigenvalue weighted by atomic mass is 19.4. The molecule has 0 aliphatic carbocycles. The SMILES string of the molecule is COc1ncnc(Oc2ccccc2C(F)(F)F)c1N. The monoisotopic (exact) mass is 285 g/mol. The fourth-order valence-corrected chi connectivity index (χ4v) is 1.50. The van der Waals surface area contributed by atoms with E-state index >= 15 is 0 Å². The second kappa shape index (κ2) is 5.24. The quantitative estimate of drug-likeness (QED) is 0.939. The van der Waals surface area contributed by atoms with Gasteiger partial charge in [0.25, 0.3) is 0 Å². The van der Waals surface area contributed by atoms with E-state index in [0.29, 0.717) is 0 Å². The van der Waals surface area contributed by atoms with Crippen molar-refractivity contribution in [2.75, 3.05) is 12.8 Å². The number of nitrogen functional groups attached to an aromatic ring is 1. The molecular formula is C12H10F3N3O2. The maximum atomic E-state index is 12.8. The Morgan fingerprint density at radius 2 is 1.75 bits per heavy atom. The van der Waals surface area contributed by atoms with Crippen LogP contribution in [0.5, 0.6) is 17.5 Å². The molecular weight excluding hydrogens is 275 g/mol. The molecule has 0 aliphatic rings. The summed E-state index contributed by atoms with van der Waals surface area (Å²) in [6, 6.07) is 4.76. The van der Waals surface area contributed by atoms with Crippen molar-refractivity contribution in [3.05, 3.63) is 36.2 Å². The van der Waals surface area contributed by atoms with E-state index in [-0.39, 0.29) is 17.4 Å². The van der Waals surface area contributed by atoms with Crippen LogP contribution in [-0.4, -0.2) is 17.1 Å². The maximum Gasteiger partial charge on any atom is 0.419 e. The van der Waals surface area contributed by atoms with Gasteiger partial charge in [-0.05, 0) is 12.1 Å². The first kappa shape index (κ1) is 13.9. The lowest BCUT2D eigenvalue weighted by Gasteiger charge is -2.14. The Morgan fingerprint density at radius 3 is 2.40 bits per heavy atom. The third kappa shape index (κ3) is 2.73. The van der Waals surface area contributed by atoms with E-state index in [0.717, 1.165) is 12.4 Å². The molecule has 0 saturated carbocycles. The molecule has 0 spiro atoms. The van der Waals surface area contributed by atoms with Crippen LogP contribution >= 0.6 is 0 Å². The topological polar surface area (TPSA) is 70.3 Å². The minimum absolute atomic E-state index is 0.0273. The molecule has 0 fully saturated rings. The highest BCUT2D eigenvalue weighted by Gasteiger charge is 2.34. The standard InChI is InChI=1S/C12H10F3N3O2/c1-19-10-9(16)11(18-6-17-10)20-8-5-3-2-4-7(8)12(13,14)15/h2-6H,16H2,1H3. The summed E-state index contributed by atoms with van der Waals surface area (Å²) in [5.74, 6) is -0.569. The van der Waals surface area contributed by atoms with Crippen molar-refractivity contribution in [3.8, 4) is 17.5 Å². The Balaban J connectivity index is 2.41. The maximum absolute atomic E-state index is 12.8. The zero-order chi connectivity index (χ0) is 14.8. The lowest BCUT2D eigenvalue weighted by Crippen LogP contribution is -2.08. The van der Waals surface area contributed by atoms with Crippen LogP contribution in [0.15, 0.2) is 30.6 Å². The Kier molecular flexibility index (Phi) is 3.64. The van der Waals surface area contributed by atoms with E-state index < -0.39 is 17.5 Å². The summed E-state index contributed by atoms with van der Waals surface area (Å²) in [5, 5.41) is 0. The minimum atomic E-state index is -4.54. The molecule has 0 unspecified atom stereocenters. The third-order valence-corrected chi connectivity index (χ3v) is 2.40. The van der Waals surface area contributed by atoms with Gasteiger partial charge in [-0.2, -0.15) is 23.1 Å². The van der Waals surface area contributed by atoms with E-state index in [1.165, 1.54) is 25.3 Å². The molecule has 106 valence electrons. The molecule has 1 aromatic carbocycles. The van der Waals surface area contributed by atoms with Crippen molar-refractivity contribution in [2.45, 2.75) is 6.18 Å². The predicted molar refractivity (Wildman–Crippen MR) is 64.5 cm³/mol. The van der Waals surface area contributed by atoms with Crippen LogP contribution in [0.2, 0.25) is 0 Å². The van der Waals surface area contributed by atoms with Gasteiger partial charge in [0.2, 0.25) is 11.8 Å². The summed E-state index contributed by atoms with van der Waals surface area (Å²) < 4.78 is 48.5. The van der Waals surface area contributed by atoms with Gasteiger partial charge < -0.3 is 15.2 Å². The molecule has 0 saturated heterocycles. The van der Waals surface area contributed by atoms with Crippen molar-refractivity contribution >= 4 is 5.69 Å². The van der Waals surface area contributed by atoms with Crippen molar-refractivity contribution in [3.63, 3.8) is 0 Å². The van der Waals surface area contributed by atoms with Crippen molar-refractivity contribution < 1.29 is 22.6 Å². The first-order valence-corrected chi connectivity index (χ1v) is 5.42. The van der Waals surface area contributed by atoms with Gasteiger partial charge in [0.05, 0.1) is 12.7 Å². The molecule has 1 heterocycles. The normalized spacial score (nSPS) is 11.2. The number of hydrogen-bond acceptors (Lipinski definition) is 5. The van der Waals surface area contributed by atoms with Crippen LogP contribution in [-0.2, 0) is 6.18 Å². The molecule has 2 N–H and O–H groups in total. The van der Waals surface area contributed by atoms with E-state index in [9.17, 15) is 13.2 Å². The summed E-state index contributed by atoms with van der Waals surface area (Å²) in [6.45, 7) is 0. The van der Waals surface area contributed by atoms with Gasteiger partial charge in [-0.3, -0.25) is 0 Å². The van der Waals surface area contributed by atoms with Crippen molar-refractivity contribution in [1.82, 2.24) is 9.97 Å². The van der Waals surface area contributed by atoms with Gasteiger partial charge >= 0.3 is 6.18 Å². The molecule has 0 amide bonds. The molecule has 0 radical (unpaired) electrons. The predicted octanol–water partition coefficient (Wildman–Crippen LogP) is 2.88. The van der Waals surface area contributed by atoms with Gasteiger partial charge in [-0.15, -0.1) is 0 Å². The van der Waals surface area contributed by atoms with Crippen LogP contribution in [0.4, 0.5) is 18.9 Å². The minimum Gasteiger partial charge on any atom is -0.479 e. The van der Waals surface area contributed by atoms with E-state index in [2.05, 4.69) is 9.97 Å². The number of nitrogens with two attached hydrogens (primary N) is 1. The average Bonchev–Trinajstić information content (AvgIpc) is 2.40. The van der Waals surface area contributed by atoms with Crippen LogP contribution in [0.3, 0.4) is 0 Å². The zero-order valence-corrected chi connectivity index (χ0v) is 10.3. The Hall–Kier alpha value is -2.51. The number of methoxy groups -OCH3 is 1. The van der Waals surface area contributed by atoms with Gasteiger partial charge in [0.1, 0.15) is 12.1 Å². The average molecular weight is 285 g/mol. The van der Waals surface area contributed by atoms with Crippen LogP contribution in [0.25, 0.3) is 0 Å². The number of ether oxygens (including phenoxy) is 2. The number of hydrogen-bond donors (Lipinski definition) is 1. The number of benzene rings is 1. The summed E-state index contributed by atoms with van der Waals surface area (Å²) in [6.07, 6.45) is -3.46. The summed E-state index contributed by atoms with van der Waals surface area (Å²) >= 11 is 0. The van der Waals surface area contributed by atoms with E-state index in [1.807, 2.05) is 0 Å². The Bertz CT molecular complexity index is 617. The summed E-state index contributed by atoms with van der Waals surface area (Å²) in [4.78, 5) is 7.41. The van der Waals surface area contributed by atoms with E-state index in [1.54, 1.807) is 0 Å². The molecule has 0 bridgehead atoms. The fourth-order valence-electron chi connectivity index (χ4n) is 1.50. The first-order valence-electron chi connectivity index (χ1n) is 5.42. The smallest absolute Gasteiger partial charge is 0.419 e. The molecule has 20 heavy (non-hydrogen) atoms. The lowest BCUT2D eigenvalue weighted by atomic mass is 10.2. The van der Waals surface area contributed by atoms with Gasteiger partial charge in [0, 0.05) is 0 Å². The molecule has 8 heteroatoms. The number of halogens is 3. The number of anilines is 1. The van der Waals surface area contributed by atoms with Gasteiger partial charge in [-0.25, -0.2) is 0 Å². The zero-order valence-electron chi connectivity index (χ0n) is 10.3. The van der Waals surface area contributed by atoms with Crippen LogP contribution in [0, 0.1) is 0 Å². The number of nitrogens with zero attached hydrogens (tertiary/aromatic N) is 2.